The fourth-order valence-electron chi connectivity index (χ4n) is 10.3. The average Bonchev–Trinajstić information content (AvgIpc) is 3.24. The summed E-state index contributed by atoms with van der Waals surface area (Å²) >= 11 is 0. The predicted octanol–water partition coefficient (Wildman–Crippen LogP) is 7.00. The summed E-state index contributed by atoms with van der Waals surface area (Å²) in [6.07, 6.45) is 19.3. The average molecular weight is 547 g/mol. The van der Waals surface area contributed by atoms with Crippen LogP contribution in [0.15, 0.2) is 24.3 Å². The van der Waals surface area contributed by atoms with Gasteiger partial charge in [0, 0.05) is 42.7 Å². The van der Waals surface area contributed by atoms with Crippen molar-refractivity contribution in [2.24, 2.45) is 11.8 Å². The van der Waals surface area contributed by atoms with Crippen molar-refractivity contribution < 1.29 is 9.90 Å². The van der Waals surface area contributed by atoms with Gasteiger partial charge in [-0.1, -0.05) is 44.2 Å². The van der Waals surface area contributed by atoms with Crippen molar-refractivity contribution in [3.8, 4) is 0 Å². The summed E-state index contributed by atoms with van der Waals surface area (Å²) in [6.45, 7) is 5.21. The number of nitrogens with zero attached hydrogens (tertiary/aromatic N) is 4. The molecule has 5 fully saturated rings. The summed E-state index contributed by atoms with van der Waals surface area (Å²) in [5, 5.41) is 9.27. The number of aliphatic carboxylic acids is 1. The van der Waals surface area contributed by atoms with E-state index in [0.717, 1.165) is 49.3 Å². The topological polar surface area (TPSA) is 61.6 Å². The van der Waals surface area contributed by atoms with Crippen molar-refractivity contribution in [3.63, 3.8) is 0 Å². The van der Waals surface area contributed by atoms with E-state index in [2.05, 4.69) is 45.6 Å². The quantitative estimate of drug-likeness (QED) is 0.423. The Hall–Kier alpha value is -1.92. The Morgan fingerprint density at radius 2 is 1.75 bits per heavy atom. The molecule has 2 saturated carbocycles. The van der Waals surface area contributed by atoms with Gasteiger partial charge in [0.2, 0.25) is 0 Å². The second kappa shape index (κ2) is 11.1. The molecule has 4 bridgehead atoms. The van der Waals surface area contributed by atoms with Crippen LogP contribution in [0.3, 0.4) is 0 Å². The minimum Gasteiger partial charge on any atom is -0.481 e. The molecule has 40 heavy (non-hydrogen) atoms. The lowest BCUT2D eigenvalue weighted by Crippen LogP contribution is -2.64. The van der Waals surface area contributed by atoms with Crippen LogP contribution >= 0.6 is 0 Å². The first-order valence-electron chi connectivity index (χ1n) is 16.7. The molecule has 6 heteroatoms. The number of fused-ring (bicyclic) bond motifs is 5. The van der Waals surface area contributed by atoms with E-state index in [1.165, 1.54) is 88.4 Å². The van der Waals surface area contributed by atoms with Gasteiger partial charge in [0.05, 0.1) is 17.5 Å². The number of carboxylic acids is 1. The summed E-state index contributed by atoms with van der Waals surface area (Å²) in [6, 6.07) is 10.8. The number of aromatic nitrogens is 2. The summed E-state index contributed by atoms with van der Waals surface area (Å²) in [5.41, 5.74) is 2.72. The number of carboxylic acid groups (broad SMARTS) is 1. The number of carbonyl (C=O) groups is 1. The lowest BCUT2D eigenvalue weighted by Gasteiger charge is -2.60. The van der Waals surface area contributed by atoms with Crippen LogP contribution in [-0.2, 0) is 4.79 Å². The molecule has 1 N–H and O–H groups in total. The molecule has 0 amide bonds. The summed E-state index contributed by atoms with van der Waals surface area (Å²) < 4.78 is 2.69. The van der Waals surface area contributed by atoms with Gasteiger partial charge in [-0.05, 0) is 95.2 Å². The SMILES string of the molecule is C[C@@]12CCCC(C[C@@H](n3c([C@H]4CCCN(CCC(=O)O)C4)nc4ccccc43)C1)N2C1C[C@H]2CCCC[C@@H](C1)C2. The van der Waals surface area contributed by atoms with E-state index in [4.69, 9.17) is 4.98 Å². The van der Waals surface area contributed by atoms with E-state index >= 15 is 0 Å². The molecule has 0 spiro atoms. The number of likely N-dealkylation sites (tertiary alicyclic amines) is 1. The van der Waals surface area contributed by atoms with Gasteiger partial charge in [0.25, 0.3) is 0 Å². The fraction of sp³-hybridized carbons (Fsp3) is 0.765. The molecule has 3 aliphatic heterocycles. The minimum absolute atomic E-state index is 0.227. The van der Waals surface area contributed by atoms with Gasteiger partial charge in [-0.3, -0.25) is 9.69 Å². The van der Waals surface area contributed by atoms with Gasteiger partial charge >= 0.3 is 5.97 Å². The van der Waals surface area contributed by atoms with Gasteiger partial charge < -0.3 is 14.6 Å². The predicted molar refractivity (Wildman–Crippen MR) is 160 cm³/mol. The Labute approximate surface area is 240 Å². The minimum atomic E-state index is -0.696. The lowest BCUT2D eigenvalue weighted by atomic mass is 9.68. The first kappa shape index (κ1) is 26.9. The third kappa shape index (κ3) is 5.12. The number of hydrogen-bond acceptors (Lipinski definition) is 4. The third-order valence-electron chi connectivity index (χ3n) is 11.7. The second-order valence-corrected chi connectivity index (χ2v) is 14.5. The standard InChI is InChI=1S/C34H50N4O2/c1-34-15-6-11-27(38(34)28-19-24-8-2-3-9-25(18-24)20-28)21-29(22-34)37-31-13-5-4-12-30(31)35-33(37)26-10-7-16-36(23-26)17-14-32(39)40/h4-5,12-13,24-29H,2-3,6-11,14-23H2,1H3,(H,39,40)/t24-,25+,26-,27?,28?,29+,34+/m0/s1. The molecule has 2 aromatic rings. The van der Waals surface area contributed by atoms with Crippen LogP contribution in [0.4, 0.5) is 0 Å². The Kier molecular flexibility index (Phi) is 7.45. The first-order chi connectivity index (χ1) is 19.5. The van der Waals surface area contributed by atoms with Crippen molar-refractivity contribution in [2.75, 3.05) is 19.6 Å². The van der Waals surface area contributed by atoms with Crippen molar-refractivity contribution in [3.05, 3.63) is 30.1 Å². The van der Waals surface area contributed by atoms with E-state index in [1.807, 2.05) is 0 Å². The van der Waals surface area contributed by atoms with Gasteiger partial charge in [-0.25, -0.2) is 4.98 Å². The highest BCUT2D eigenvalue weighted by atomic mass is 16.4. The fourth-order valence-corrected chi connectivity index (χ4v) is 10.3. The summed E-state index contributed by atoms with van der Waals surface area (Å²) in [5.74, 6) is 2.88. The van der Waals surface area contributed by atoms with Crippen LogP contribution in [0.5, 0.6) is 0 Å². The maximum absolute atomic E-state index is 11.3. The zero-order chi connectivity index (χ0) is 27.3. The van der Waals surface area contributed by atoms with Crippen molar-refractivity contribution >= 4 is 17.0 Å². The maximum Gasteiger partial charge on any atom is 0.304 e. The molecule has 2 unspecified atom stereocenters. The second-order valence-electron chi connectivity index (χ2n) is 14.5. The van der Waals surface area contributed by atoms with E-state index in [-0.39, 0.29) is 12.0 Å². The van der Waals surface area contributed by atoms with Crippen LogP contribution in [0, 0.1) is 11.8 Å². The highest BCUT2D eigenvalue weighted by Crippen LogP contribution is 2.52. The van der Waals surface area contributed by atoms with Crippen LogP contribution < -0.4 is 0 Å². The molecule has 4 heterocycles. The van der Waals surface area contributed by atoms with E-state index in [0.29, 0.717) is 24.5 Å². The molecule has 0 radical (unpaired) electrons. The number of hydrogen-bond donors (Lipinski definition) is 1. The Morgan fingerprint density at radius 3 is 2.52 bits per heavy atom. The smallest absolute Gasteiger partial charge is 0.304 e. The van der Waals surface area contributed by atoms with E-state index in [1.54, 1.807) is 0 Å². The van der Waals surface area contributed by atoms with Crippen LogP contribution in [-0.4, -0.2) is 67.7 Å². The molecular weight excluding hydrogens is 496 g/mol. The molecule has 1 aromatic carbocycles. The zero-order valence-corrected chi connectivity index (χ0v) is 24.6. The van der Waals surface area contributed by atoms with Gasteiger partial charge in [0.15, 0.2) is 0 Å². The number of benzene rings is 1. The molecule has 5 aliphatic rings. The van der Waals surface area contributed by atoms with Crippen LogP contribution in [0.25, 0.3) is 11.0 Å². The van der Waals surface area contributed by atoms with Gasteiger partial charge in [-0.15, -0.1) is 0 Å². The third-order valence-corrected chi connectivity index (χ3v) is 11.7. The van der Waals surface area contributed by atoms with Crippen molar-refractivity contribution in [1.29, 1.82) is 0 Å². The Balaban J connectivity index is 1.18. The Bertz CT molecular complexity index is 1200. The molecule has 6 nitrogen and oxygen atoms in total. The zero-order valence-electron chi connectivity index (χ0n) is 24.6. The van der Waals surface area contributed by atoms with Crippen LogP contribution in [0.1, 0.15) is 121 Å². The molecule has 2 aliphatic carbocycles. The largest absolute Gasteiger partial charge is 0.481 e. The van der Waals surface area contributed by atoms with Gasteiger partial charge in [-0.2, -0.15) is 0 Å². The van der Waals surface area contributed by atoms with Crippen molar-refractivity contribution in [2.45, 2.75) is 133 Å². The maximum atomic E-state index is 11.3. The first-order valence-corrected chi connectivity index (χ1v) is 16.7. The normalized spacial score (nSPS) is 37.3. The summed E-state index contributed by atoms with van der Waals surface area (Å²) in [7, 11) is 0. The Morgan fingerprint density at radius 1 is 0.950 bits per heavy atom. The molecule has 1 aromatic heterocycles. The highest BCUT2D eigenvalue weighted by Gasteiger charge is 2.51. The van der Waals surface area contributed by atoms with Crippen LogP contribution in [0.2, 0.25) is 0 Å². The number of rotatable bonds is 6. The number of para-hydroxylation sites is 2. The van der Waals surface area contributed by atoms with E-state index in [9.17, 15) is 9.90 Å². The summed E-state index contributed by atoms with van der Waals surface area (Å²) in [4.78, 5) is 22.1. The molecule has 3 saturated heterocycles. The molecule has 218 valence electrons. The molecular formula is C34H50N4O2. The van der Waals surface area contributed by atoms with E-state index < -0.39 is 5.97 Å². The lowest BCUT2D eigenvalue weighted by molar-refractivity contribution is -0.137. The van der Waals surface area contributed by atoms with Gasteiger partial charge in [0.1, 0.15) is 5.82 Å². The highest BCUT2D eigenvalue weighted by molar-refractivity contribution is 5.76. The monoisotopic (exact) mass is 546 g/mol. The molecule has 7 rings (SSSR count). The number of imidazole rings is 1. The van der Waals surface area contributed by atoms with Crippen molar-refractivity contribution in [1.82, 2.24) is 19.4 Å². The molecule has 7 atom stereocenters. The number of piperidine rings is 3.